The van der Waals surface area contributed by atoms with E-state index in [1.807, 2.05) is 37.3 Å². The van der Waals surface area contributed by atoms with Crippen molar-refractivity contribution in [1.29, 1.82) is 0 Å². The molecule has 1 fully saturated rings. The van der Waals surface area contributed by atoms with Gasteiger partial charge in [-0.05, 0) is 43.2 Å². The first-order valence-electron chi connectivity index (χ1n) is 9.09. The van der Waals surface area contributed by atoms with Crippen LogP contribution < -0.4 is 9.47 Å². The molecule has 0 aromatic heterocycles. The van der Waals surface area contributed by atoms with Crippen LogP contribution in [0.4, 0.5) is 0 Å². The molecular weight excluding hydrogens is 390 g/mol. The Labute approximate surface area is 175 Å². The van der Waals surface area contributed by atoms with E-state index in [9.17, 15) is 4.79 Å². The van der Waals surface area contributed by atoms with Gasteiger partial charge in [-0.1, -0.05) is 54.3 Å². The Morgan fingerprint density at radius 2 is 1.79 bits per heavy atom. The fourth-order valence-electron chi connectivity index (χ4n) is 2.70. The van der Waals surface area contributed by atoms with Crippen molar-refractivity contribution in [2.24, 2.45) is 0 Å². The van der Waals surface area contributed by atoms with Crippen LogP contribution in [0.2, 0.25) is 0 Å². The highest BCUT2D eigenvalue weighted by atomic mass is 32.2. The number of nitrogens with zero attached hydrogens (tertiary/aromatic N) is 1. The number of thioether (sulfide) groups is 1. The summed E-state index contributed by atoms with van der Waals surface area (Å²) in [6.07, 6.45) is 2.60. The molecule has 2 aromatic rings. The van der Waals surface area contributed by atoms with Gasteiger partial charge in [0.1, 0.15) is 15.8 Å². The summed E-state index contributed by atoms with van der Waals surface area (Å²) in [5, 5.41) is 0. The van der Waals surface area contributed by atoms with Gasteiger partial charge in [0.25, 0.3) is 5.91 Å². The van der Waals surface area contributed by atoms with E-state index in [-0.39, 0.29) is 5.91 Å². The highest BCUT2D eigenvalue weighted by Crippen LogP contribution is 2.33. The number of rotatable bonds is 7. The minimum Gasteiger partial charge on any atom is -0.493 e. The lowest BCUT2D eigenvalue weighted by Gasteiger charge is -2.12. The third-order valence-electron chi connectivity index (χ3n) is 4.34. The van der Waals surface area contributed by atoms with Crippen molar-refractivity contribution in [2.45, 2.75) is 20.3 Å². The second-order valence-corrected chi connectivity index (χ2v) is 8.27. The Kier molecular flexibility index (Phi) is 6.75. The van der Waals surface area contributed by atoms with Gasteiger partial charge in [0.05, 0.1) is 18.1 Å². The van der Waals surface area contributed by atoms with Gasteiger partial charge < -0.3 is 9.47 Å². The average Bonchev–Trinajstić information content (AvgIpc) is 2.92. The number of carbonyl (C=O) groups excluding carboxylic acids is 1. The lowest BCUT2D eigenvalue weighted by Crippen LogP contribution is -2.22. The molecule has 0 unspecified atom stereocenters. The number of amides is 1. The zero-order chi connectivity index (χ0) is 20.1. The molecule has 1 amide bonds. The standard InChI is InChI=1S/C22H23NO3S2/c1-15-9-10-16(2)19(13-15)26-12-6-11-25-18-8-5-4-7-17(18)14-20-21(24)23(3)22(27)28-20/h4-5,7-10,13-14H,6,11-12H2,1-3H3/b20-14+. The van der Waals surface area contributed by atoms with Gasteiger partial charge in [-0.25, -0.2) is 0 Å². The zero-order valence-corrected chi connectivity index (χ0v) is 17.9. The number of thiocarbonyl (C=S) groups is 1. The molecule has 1 saturated heterocycles. The summed E-state index contributed by atoms with van der Waals surface area (Å²) in [5.41, 5.74) is 3.18. The number of para-hydroxylation sites is 1. The third kappa shape index (κ3) is 4.94. The van der Waals surface area contributed by atoms with E-state index in [0.717, 1.165) is 29.0 Å². The summed E-state index contributed by atoms with van der Waals surface area (Å²) in [4.78, 5) is 14.3. The summed E-state index contributed by atoms with van der Waals surface area (Å²) in [6, 6.07) is 13.9. The minimum absolute atomic E-state index is 0.0771. The van der Waals surface area contributed by atoms with Crippen molar-refractivity contribution in [3.8, 4) is 11.5 Å². The number of carbonyl (C=O) groups is 1. The lowest BCUT2D eigenvalue weighted by atomic mass is 10.1. The quantitative estimate of drug-likeness (QED) is 0.364. The first-order chi connectivity index (χ1) is 13.5. The predicted octanol–water partition coefficient (Wildman–Crippen LogP) is 4.98. The van der Waals surface area contributed by atoms with Gasteiger partial charge in [0, 0.05) is 19.0 Å². The first kappa shape index (κ1) is 20.4. The molecule has 0 spiro atoms. The topological polar surface area (TPSA) is 38.8 Å². The molecule has 0 atom stereocenters. The summed E-state index contributed by atoms with van der Waals surface area (Å²) in [6.45, 7) is 5.21. The molecule has 1 aliphatic rings. The van der Waals surface area contributed by atoms with Crippen LogP contribution in [0.15, 0.2) is 47.4 Å². The van der Waals surface area contributed by atoms with Crippen LogP contribution in [0, 0.1) is 13.8 Å². The van der Waals surface area contributed by atoms with Crippen molar-refractivity contribution in [3.63, 3.8) is 0 Å². The molecule has 3 rings (SSSR count). The van der Waals surface area contributed by atoms with Gasteiger partial charge in [-0.2, -0.15) is 0 Å². The van der Waals surface area contributed by atoms with Crippen LogP contribution >= 0.6 is 24.0 Å². The van der Waals surface area contributed by atoms with E-state index in [1.165, 1.54) is 22.2 Å². The fourth-order valence-corrected chi connectivity index (χ4v) is 3.87. The van der Waals surface area contributed by atoms with Crippen LogP contribution in [0.25, 0.3) is 6.08 Å². The molecule has 4 nitrogen and oxygen atoms in total. The number of aryl methyl sites for hydroxylation is 2. The second-order valence-electron chi connectivity index (χ2n) is 6.60. The molecule has 0 aliphatic carbocycles. The molecule has 146 valence electrons. The number of hydrogen-bond donors (Lipinski definition) is 0. The maximum absolute atomic E-state index is 12.2. The monoisotopic (exact) mass is 413 g/mol. The van der Waals surface area contributed by atoms with E-state index >= 15 is 0 Å². The van der Waals surface area contributed by atoms with Crippen molar-refractivity contribution in [1.82, 2.24) is 4.90 Å². The molecule has 0 N–H and O–H groups in total. The van der Waals surface area contributed by atoms with E-state index in [0.29, 0.717) is 22.4 Å². The van der Waals surface area contributed by atoms with Gasteiger partial charge in [-0.15, -0.1) is 0 Å². The predicted molar refractivity (Wildman–Crippen MR) is 119 cm³/mol. The van der Waals surface area contributed by atoms with Gasteiger partial charge in [-0.3, -0.25) is 9.69 Å². The zero-order valence-electron chi connectivity index (χ0n) is 16.2. The maximum Gasteiger partial charge on any atom is 0.265 e. The van der Waals surface area contributed by atoms with Gasteiger partial charge >= 0.3 is 0 Å². The fraction of sp³-hybridized carbons (Fsp3) is 0.273. The smallest absolute Gasteiger partial charge is 0.265 e. The molecule has 28 heavy (non-hydrogen) atoms. The van der Waals surface area contributed by atoms with Crippen LogP contribution in [0.1, 0.15) is 23.1 Å². The summed E-state index contributed by atoms with van der Waals surface area (Å²) in [5.74, 6) is 1.59. The Bertz CT molecular complexity index is 924. The van der Waals surface area contributed by atoms with E-state index in [2.05, 4.69) is 25.1 Å². The molecule has 0 bridgehead atoms. The highest BCUT2D eigenvalue weighted by molar-refractivity contribution is 8.26. The first-order valence-corrected chi connectivity index (χ1v) is 10.3. The number of hydrogen-bond acceptors (Lipinski definition) is 5. The van der Waals surface area contributed by atoms with Crippen molar-refractivity contribution >= 4 is 40.3 Å². The van der Waals surface area contributed by atoms with Gasteiger partial charge in [0.15, 0.2) is 0 Å². The molecule has 6 heteroatoms. The molecule has 2 aromatic carbocycles. The van der Waals surface area contributed by atoms with Crippen LogP contribution in [-0.4, -0.2) is 35.4 Å². The Morgan fingerprint density at radius 3 is 2.50 bits per heavy atom. The second kappa shape index (κ2) is 9.26. The Morgan fingerprint density at radius 1 is 1.07 bits per heavy atom. The van der Waals surface area contributed by atoms with Crippen LogP contribution in [0.3, 0.4) is 0 Å². The normalized spacial score (nSPS) is 15.4. The summed E-state index contributed by atoms with van der Waals surface area (Å²) in [7, 11) is 1.69. The molecule has 0 saturated carbocycles. The Balaban J connectivity index is 1.56. The van der Waals surface area contributed by atoms with E-state index in [1.54, 1.807) is 7.05 Å². The largest absolute Gasteiger partial charge is 0.493 e. The van der Waals surface area contributed by atoms with Gasteiger partial charge in [0.2, 0.25) is 0 Å². The minimum atomic E-state index is -0.0771. The Hall–Kier alpha value is -2.31. The molecule has 1 aliphatic heterocycles. The SMILES string of the molecule is Cc1ccc(C)c(OCCCOc2ccccc2/C=C2/SC(=S)N(C)C2=O)c1. The number of ether oxygens (including phenoxy) is 2. The summed E-state index contributed by atoms with van der Waals surface area (Å²) >= 11 is 6.49. The number of likely N-dealkylation sites (N-methyl/N-ethyl adjacent to an activating group) is 1. The van der Waals surface area contributed by atoms with Crippen LogP contribution in [0.5, 0.6) is 11.5 Å². The maximum atomic E-state index is 12.2. The molecular formula is C22H23NO3S2. The van der Waals surface area contributed by atoms with Crippen LogP contribution in [-0.2, 0) is 4.79 Å². The number of benzene rings is 2. The third-order valence-corrected chi connectivity index (χ3v) is 5.82. The van der Waals surface area contributed by atoms with E-state index in [4.69, 9.17) is 21.7 Å². The summed E-state index contributed by atoms with van der Waals surface area (Å²) < 4.78 is 12.4. The average molecular weight is 414 g/mol. The highest BCUT2D eigenvalue weighted by Gasteiger charge is 2.28. The molecule has 1 heterocycles. The molecule has 0 radical (unpaired) electrons. The van der Waals surface area contributed by atoms with Crippen molar-refractivity contribution in [2.75, 3.05) is 20.3 Å². The van der Waals surface area contributed by atoms with Crippen molar-refractivity contribution in [3.05, 3.63) is 64.1 Å². The van der Waals surface area contributed by atoms with Crippen molar-refractivity contribution < 1.29 is 14.3 Å². The van der Waals surface area contributed by atoms with E-state index < -0.39 is 0 Å². The lowest BCUT2D eigenvalue weighted by molar-refractivity contribution is -0.121.